The Labute approximate surface area is 263 Å². The van der Waals surface area contributed by atoms with E-state index in [0.717, 1.165) is 34.0 Å². The van der Waals surface area contributed by atoms with Gasteiger partial charge < -0.3 is 29.6 Å². The van der Waals surface area contributed by atoms with E-state index in [1.807, 2.05) is 48.5 Å². The number of hydrogen-bond acceptors (Lipinski definition) is 9. The molecule has 0 aromatic heterocycles. The Balaban J connectivity index is 1.66. The van der Waals surface area contributed by atoms with Gasteiger partial charge >= 0.3 is 24.1 Å². The number of thioether (sulfide) groups is 1. The van der Waals surface area contributed by atoms with Gasteiger partial charge in [0.15, 0.2) is 0 Å². The van der Waals surface area contributed by atoms with Gasteiger partial charge in [-0.05, 0) is 63.8 Å². The molecule has 10 nitrogen and oxygen atoms in total. The fourth-order valence-corrected chi connectivity index (χ4v) is 5.53. The van der Waals surface area contributed by atoms with Gasteiger partial charge in [-0.2, -0.15) is 11.8 Å². The predicted octanol–water partition coefficient (Wildman–Crippen LogP) is 5.59. The van der Waals surface area contributed by atoms with Crippen molar-refractivity contribution in [3.05, 3.63) is 72.3 Å². The zero-order valence-electron chi connectivity index (χ0n) is 26.1. The van der Waals surface area contributed by atoms with Crippen LogP contribution in [0.4, 0.5) is 9.59 Å². The highest BCUT2D eigenvalue weighted by Gasteiger charge is 2.32. The van der Waals surface area contributed by atoms with Gasteiger partial charge in [0.1, 0.15) is 36.5 Å². The van der Waals surface area contributed by atoms with Gasteiger partial charge in [0.25, 0.3) is 0 Å². The summed E-state index contributed by atoms with van der Waals surface area (Å²) in [6.07, 6.45) is -0.164. The molecule has 0 radical (unpaired) electrons. The number of carbonyl (C=O) groups is 4. The van der Waals surface area contributed by atoms with E-state index in [-0.39, 0.29) is 30.6 Å². The van der Waals surface area contributed by atoms with E-state index in [9.17, 15) is 19.2 Å². The lowest BCUT2D eigenvalue weighted by molar-refractivity contribution is -0.156. The van der Waals surface area contributed by atoms with Crippen molar-refractivity contribution in [3.8, 4) is 11.1 Å². The number of benzene rings is 2. The summed E-state index contributed by atoms with van der Waals surface area (Å²) < 4.78 is 21.6. The average molecular weight is 627 g/mol. The van der Waals surface area contributed by atoms with Crippen LogP contribution >= 0.6 is 11.8 Å². The van der Waals surface area contributed by atoms with Gasteiger partial charge in [-0.3, -0.25) is 0 Å². The zero-order valence-corrected chi connectivity index (χ0v) is 27.0. The van der Waals surface area contributed by atoms with Gasteiger partial charge in [0.05, 0.1) is 0 Å². The normalized spacial score (nSPS) is 13.9. The summed E-state index contributed by atoms with van der Waals surface area (Å²) in [5.74, 6) is -1.45. The third kappa shape index (κ3) is 10.3. The predicted molar refractivity (Wildman–Crippen MR) is 169 cm³/mol. The van der Waals surface area contributed by atoms with E-state index in [1.54, 1.807) is 41.5 Å². The van der Waals surface area contributed by atoms with Crippen LogP contribution < -0.4 is 10.6 Å². The largest absolute Gasteiger partial charge is 0.460 e. The van der Waals surface area contributed by atoms with E-state index in [0.29, 0.717) is 0 Å². The lowest BCUT2D eigenvalue weighted by atomic mass is 9.98. The first-order chi connectivity index (χ1) is 20.7. The van der Waals surface area contributed by atoms with E-state index in [1.165, 1.54) is 6.08 Å². The minimum Gasteiger partial charge on any atom is -0.460 e. The Morgan fingerprint density at radius 2 is 1.27 bits per heavy atom. The SMILES string of the molecule is C=CCOC(=O)C(CSC[C@H](NC(=O)OCC1c2ccccc2-c2ccccc21)C(=O)OC(C)(C)C)NC(=O)OC(C)(C)C. The molecule has 0 heterocycles. The Morgan fingerprint density at radius 1 is 0.773 bits per heavy atom. The molecule has 3 rings (SSSR count). The third-order valence-electron chi connectivity index (χ3n) is 6.22. The maximum absolute atomic E-state index is 13.1. The maximum atomic E-state index is 13.1. The van der Waals surface area contributed by atoms with Crippen molar-refractivity contribution in [2.75, 3.05) is 24.7 Å². The van der Waals surface area contributed by atoms with Crippen LogP contribution in [0.3, 0.4) is 0 Å². The van der Waals surface area contributed by atoms with Crippen molar-refractivity contribution in [3.63, 3.8) is 0 Å². The molecule has 11 heteroatoms. The molecule has 0 fully saturated rings. The van der Waals surface area contributed by atoms with Crippen molar-refractivity contribution in [1.29, 1.82) is 0 Å². The summed E-state index contributed by atoms with van der Waals surface area (Å²) in [5, 5.41) is 5.14. The standard InChI is InChI=1S/C33H42N2O8S/c1-8-17-40-28(36)26(35-31(39)43-33(5,6)7)19-44-20-27(29(37)42-32(2,3)4)34-30(38)41-18-25-23-15-11-9-13-21(23)22-14-10-12-16-24(22)25/h8-16,25-27H,1,17-20H2,2-7H3,(H,34,38)(H,35,39)/t26?,27-/m0/s1. The Hall–Kier alpha value is -3.99. The van der Waals surface area contributed by atoms with Crippen molar-refractivity contribution in [2.45, 2.75) is 70.7 Å². The quantitative estimate of drug-likeness (QED) is 0.176. The van der Waals surface area contributed by atoms with Crippen LogP contribution in [-0.2, 0) is 28.5 Å². The van der Waals surface area contributed by atoms with Crippen molar-refractivity contribution < 1.29 is 38.1 Å². The summed E-state index contributed by atoms with van der Waals surface area (Å²) in [5.41, 5.74) is 2.74. The highest BCUT2D eigenvalue weighted by atomic mass is 32.2. The first kappa shape index (κ1) is 34.5. The molecule has 1 unspecified atom stereocenters. The van der Waals surface area contributed by atoms with Gasteiger partial charge in [-0.15, -0.1) is 0 Å². The second-order valence-corrected chi connectivity index (χ2v) is 13.3. The van der Waals surface area contributed by atoms with Crippen LogP contribution in [0.15, 0.2) is 61.2 Å². The summed E-state index contributed by atoms with van der Waals surface area (Å²) in [6, 6.07) is 13.8. The molecule has 1 aliphatic carbocycles. The Bertz CT molecular complexity index is 1300. The Kier molecular flexibility index (Phi) is 11.9. The van der Waals surface area contributed by atoms with E-state index < -0.39 is 47.4 Å². The molecule has 2 N–H and O–H groups in total. The molecule has 2 aromatic rings. The molecule has 2 aromatic carbocycles. The second-order valence-electron chi connectivity index (χ2n) is 12.2. The van der Waals surface area contributed by atoms with Crippen LogP contribution in [0.25, 0.3) is 11.1 Å². The molecule has 0 bridgehead atoms. The van der Waals surface area contributed by atoms with Crippen LogP contribution in [0.1, 0.15) is 58.6 Å². The number of nitrogens with one attached hydrogen (secondary N) is 2. The summed E-state index contributed by atoms with van der Waals surface area (Å²) >= 11 is 1.14. The molecule has 0 aliphatic heterocycles. The molecule has 1 aliphatic rings. The lowest BCUT2D eigenvalue weighted by Crippen LogP contribution is -2.48. The number of esters is 2. The number of alkyl carbamates (subject to hydrolysis) is 2. The Morgan fingerprint density at radius 3 is 1.80 bits per heavy atom. The minimum absolute atomic E-state index is 0.0281. The van der Waals surface area contributed by atoms with Crippen molar-refractivity contribution >= 4 is 35.9 Å². The first-order valence-corrected chi connectivity index (χ1v) is 15.5. The fraction of sp³-hybridized carbons (Fsp3) is 0.455. The van der Waals surface area contributed by atoms with Crippen LogP contribution in [0.2, 0.25) is 0 Å². The molecular formula is C33H42N2O8S. The molecular weight excluding hydrogens is 584 g/mol. The smallest absolute Gasteiger partial charge is 0.408 e. The molecule has 0 saturated heterocycles. The van der Waals surface area contributed by atoms with E-state index >= 15 is 0 Å². The number of fused-ring (bicyclic) bond motifs is 3. The van der Waals surface area contributed by atoms with Gasteiger partial charge in [0, 0.05) is 17.4 Å². The first-order valence-electron chi connectivity index (χ1n) is 14.4. The lowest BCUT2D eigenvalue weighted by Gasteiger charge is -2.25. The molecule has 2 atom stereocenters. The molecule has 0 saturated carbocycles. The van der Waals surface area contributed by atoms with Gasteiger partial charge in [0.2, 0.25) is 0 Å². The van der Waals surface area contributed by atoms with Crippen LogP contribution in [-0.4, -0.2) is 72.1 Å². The molecule has 238 valence electrons. The number of rotatable bonds is 12. The monoisotopic (exact) mass is 626 g/mol. The molecule has 2 amide bonds. The summed E-state index contributed by atoms with van der Waals surface area (Å²) in [4.78, 5) is 51.1. The number of hydrogen-bond donors (Lipinski definition) is 2. The zero-order chi connectivity index (χ0) is 32.5. The highest BCUT2D eigenvalue weighted by molar-refractivity contribution is 7.99. The van der Waals surface area contributed by atoms with E-state index in [2.05, 4.69) is 17.2 Å². The van der Waals surface area contributed by atoms with Gasteiger partial charge in [-0.25, -0.2) is 19.2 Å². The number of amides is 2. The fourth-order valence-electron chi connectivity index (χ4n) is 4.49. The number of carbonyl (C=O) groups excluding carboxylic acids is 4. The molecule has 0 spiro atoms. The van der Waals surface area contributed by atoms with Crippen molar-refractivity contribution in [2.24, 2.45) is 0 Å². The van der Waals surface area contributed by atoms with Crippen LogP contribution in [0.5, 0.6) is 0 Å². The third-order valence-corrected chi connectivity index (χ3v) is 7.35. The van der Waals surface area contributed by atoms with Gasteiger partial charge in [-0.1, -0.05) is 61.2 Å². The van der Waals surface area contributed by atoms with E-state index in [4.69, 9.17) is 18.9 Å². The van der Waals surface area contributed by atoms with Crippen molar-refractivity contribution in [1.82, 2.24) is 10.6 Å². The van der Waals surface area contributed by atoms with Crippen LogP contribution in [0, 0.1) is 0 Å². The topological polar surface area (TPSA) is 129 Å². The second kappa shape index (κ2) is 15.1. The summed E-state index contributed by atoms with van der Waals surface area (Å²) in [6.45, 7) is 13.8. The summed E-state index contributed by atoms with van der Waals surface area (Å²) in [7, 11) is 0. The highest BCUT2D eigenvalue weighted by Crippen LogP contribution is 2.44. The maximum Gasteiger partial charge on any atom is 0.408 e. The average Bonchev–Trinajstić information content (AvgIpc) is 3.25. The number of ether oxygens (including phenoxy) is 4. The molecule has 44 heavy (non-hydrogen) atoms. The minimum atomic E-state index is -1.10.